The molecule has 4 heteroatoms. The van der Waals surface area contributed by atoms with Gasteiger partial charge >= 0.3 is 0 Å². The number of rotatable bonds is 4. The van der Waals surface area contributed by atoms with E-state index in [4.69, 9.17) is 11.6 Å². The third kappa shape index (κ3) is 4.20. The lowest BCUT2D eigenvalue weighted by molar-refractivity contribution is -0.131. The van der Waals surface area contributed by atoms with Crippen molar-refractivity contribution in [3.63, 3.8) is 0 Å². The molecule has 0 spiro atoms. The van der Waals surface area contributed by atoms with Crippen LogP contribution in [-0.2, 0) is 11.3 Å². The van der Waals surface area contributed by atoms with Crippen LogP contribution in [-0.4, -0.2) is 22.3 Å². The van der Waals surface area contributed by atoms with Gasteiger partial charge in [0.1, 0.15) is 5.15 Å². The van der Waals surface area contributed by atoms with Gasteiger partial charge in [-0.15, -0.1) is 0 Å². The van der Waals surface area contributed by atoms with Crippen LogP contribution >= 0.6 is 11.6 Å². The number of hydrogen-bond donors (Lipinski definition) is 0. The minimum absolute atomic E-state index is 0.272. The van der Waals surface area contributed by atoms with E-state index in [2.05, 4.69) is 11.9 Å². The third-order valence-corrected chi connectivity index (χ3v) is 4.01. The number of carbonyl (C=O) groups is 1. The van der Waals surface area contributed by atoms with Crippen LogP contribution in [0.15, 0.2) is 18.3 Å². The van der Waals surface area contributed by atoms with Gasteiger partial charge in [-0.1, -0.05) is 37.4 Å². The number of aromatic nitrogens is 1. The second kappa shape index (κ2) is 6.90. The summed E-state index contributed by atoms with van der Waals surface area (Å²) < 4.78 is 0. The molecule has 2 heterocycles. The van der Waals surface area contributed by atoms with Gasteiger partial charge in [-0.3, -0.25) is 4.79 Å². The second-order valence-corrected chi connectivity index (χ2v) is 5.67. The highest BCUT2D eigenvalue weighted by Crippen LogP contribution is 2.23. The van der Waals surface area contributed by atoms with Crippen LogP contribution < -0.4 is 0 Å². The standard InChI is InChI=1S/C15H21ClN2O/c1-2-3-12-5-7-15(19)18(9-8-12)11-13-4-6-14(16)17-10-13/h4,6,10,12H,2-3,5,7-9,11H2,1H3. The highest BCUT2D eigenvalue weighted by Gasteiger charge is 2.21. The van der Waals surface area contributed by atoms with Crippen LogP contribution in [0.25, 0.3) is 0 Å². The number of likely N-dealkylation sites (tertiary alicyclic amines) is 1. The minimum Gasteiger partial charge on any atom is -0.338 e. The number of amides is 1. The summed E-state index contributed by atoms with van der Waals surface area (Å²) in [6, 6.07) is 3.72. The summed E-state index contributed by atoms with van der Waals surface area (Å²) in [6.07, 6.45) is 7.06. The molecule has 19 heavy (non-hydrogen) atoms. The summed E-state index contributed by atoms with van der Waals surface area (Å²) in [4.78, 5) is 18.1. The average molecular weight is 281 g/mol. The van der Waals surface area contributed by atoms with Gasteiger partial charge in [0.25, 0.3) is 0 Å². The molecule has 104 valence electrons. The van der Waals surface area contributed by atoms with E-state index in [0.717, 1.165) is 24.9 Å². The highest BCUT2D eigenvalue weighted by atomic mass is 35.5. The molecule has 1 aromatic rings. The van der Waals surface area contributed by atoms with E-state index < -0.39 is 0 Å². The normalized spacial score (nSPS) is 20.4. The first kappa shape index (κ1) is 14.3. The topological polar surface area (TPSA) is 33.2 Å². The molecule has 1 fully saturated rings. The van der Waals surface area contributed by atoms with E-state index in [1.54, 1.807) is 12.3 Å². The Kier molecular flexibility index (Phi) is 5.20. The summed E-state index contributed by atoms with van der Waals surface area (Å²) in [5.41, 5.74) is 1.05. The number of halogens is 1. The Labute approximate surface area is 120 Å². The summed E-state index contributed by atoms with van der Waals surface area (Å²) in [7, 11) is 0. The SMILES string of the molecule is CCCC1CCC(=O)N(Cc2ccc(Cl)nc2)CC1. The summed E-state index contributed by atoms with van der Waals surface area (Å²) in [6.45, 7) is 3.73. The lowest BCUT2D eigenvalue weighted by Crippen LogP contribution is -2.29. The van der Waals surface area contributed by atoms with Crippen molar-refractivity contribution in [2.75, 3.05) is 6.54 Å². The third-order valence-electron chi connectivity index (χ3n) is 3.79. The van der Waals surface area contributed by atoms with Crippen molar-refractivity contribution in [3.8, 4) is 0 Å². The fraction of sp³-hybridized carbons (Fsp3) is 0.600. The molecule has 2 rings (SSSR count). The lowest BCUT2D eigenvalue weighted by atomic mass is 9.96. The van der Waals surface area contributed by atoms with E-state index >= 15 is 0 Å². The molecule has 0 bridgehead atoms. The molecule has 1 aliphatic rings. The summed E-state index contributed by atoms with van der Waals surface area (Å²) in [5.74, 6) is 0.982. The van der Waals surface area contributed by atoms with Crippen molar-refractivity contribution in [1.82, 2.24) is 9.88 Å². The Morgan fingerprint density at radius 3 is 2.95 bits per heavy atom. The molecule has 1 atom stereocenters. The monoisotopic (exact) mass is 280 g/mol. The molecule has 1 amide bonds. The van der Waals surface area contributed by atoms with Gasteiger partial charge in [0.05, 0.1) is 0 Å². The van der Waals surface area contributed by atoms with Gasteiger partial charge in [0, 0.05) is 25.7 Å². The van der Waals surface area contributed by atoms with Crippen molar-refractivity contribution >= 4 is 17.5 Å². The maximum absolute atomic E-state index is 12.1. The predicted octanol–water partition coefficient (Wildman–Crippen LogP) is 3.66. The smallest absolute Gasteiger partial charge is 0.222 e. The number of hydrogen-bond acceptors (Lipinski definition) is 2. The molecular formula is C15H21ClN2O. The van der Waals surface area contributed by atoms with Crippen LogP contribution in [0.2, 0.25) is 5.15 Å². The van der Waals surface area contributed by atoms with Crippen LogP contribution in [0.4, 0.5) is 0 Å². The maximum Gasteiger partial charge on any atom is 0.222 e. The quantitative estimate of drug-likeness (QED) is 0.789. The van der Waals surface area contributed by atoms with E-state index in [1.165, 1.54) is 12.8 Å². The summed E-state index contributed by atoms with van der Waals surface area (Å²) in [5, 5.41) is 0.494. The first-order chi connectivity index (χ1) is 9.19. The fourth-order valence-corrected chi connectivity index (χ4v) is 2.79. The lowest BCUT2D eigenvalue weighted by Gasteiger charge is -2.20. The van der Waals surface area contributed by atoms with Gasteiger partial charge in [-0.2, -0.15) is 0 Å². The molecule has 1 unspecified atom stereocenters. The van der Waals surface area contributed by atoms with Crippen LogP contribution in [0, 0.1) is 5.92 Å². The zero-order valence-electron chi connectivity index (χ0n) is 11.4. The largest absolute Gasteiger partial charge is 0.338 e. The van der Waals surface area contributed by atoms with Crippen molar-refractivity contribution < 1.29 is 4.79 Å². The van der Waals surface area contributed by atoms with Crippen molar-refractivity contribution in [1.29, 1.82) is 0 Å². The maximum atomic E-state index is 12.1. The second-order valence-electron chi connectivity index (χ2n) is 5.29. The fourth-order valence-electron chi connectivity index (χ4n) is 2.68. The Hall–Kier alpha value is -1.09. The molecular weight excluding hydrogens is 260 g/mol. The van der Waals surface area contributed by atoms with Crippen molar-refractivity contribution in [3.05, 3.63) is 29.0 Å². The molecule has 1 saturated heterocycles. The van der Waals surface area contributed by atoms with Crippen LogP contribution in [0.5, 0.6) is 0 Å². The van der Waals surface area contributed by atoms with Crippen LogP contribution in [0.1, 0.15) is 44.6 Å². The number of nitrogens with zero attached hydrogens (tertiary/aromatic N) is 2. The molecule has 0 aliphatic carbocycles. The molecule has 1 aliphatic heterocycles. The number of carbonyl (C=O) groups excluding carboxylic acids is 1. The van der Waals surface area contributed by atoms with Gasteiger partial charge in [-0.25, -0.2) is 4.98 Å². The van der Waals surface area contributed by atoms with Gasteiger partial charge in [0.2, 0.25) is 5.91 Å². The molecule has 0 aromatic carbocycles. The van der Waals surface area contributed by atoms with E-state index in [-0.39, 0.29) is 5.91 Å². The first-order valence-corrected chi connectivity index (χ1v) is 7.45. The predicted molar refractivity (Wildman–Crippen MR) is 76.9 cm³/mol. The Balaban J connectivity index is 1.95. The molecule has 0 saturated carbocycles. The minimum atomic E-state index is 0.272. The van der Waals surface area contributed by atoms with Gasteiger partial charge in [0.15, 0.2) is 0 Å². The van der Waals surface area contributed by atoms with E-state index in [0.29, 0.717) is 24.0 Å². The zero-order chi connectivity index (χ0) is 13.7. The van der Waals surface area contributed by atoms with Crippen LogP contribution in [0.3, 0.4) is 0 Å². The Morgan fingerprint density at radius 2 is 2.26 bits per heavy atom. The average Bonchev–Trinajstić information content (AvgIpc) is 2.57. The van der Waals surface area contributed by atoms with Gasteiger partial charge < -0.3 is 4.90 Å². The molecule has 1 aromatic heterocycles. The van der Waals surface area contributed by atoms with E-state index in [1.807, 2.05) is 11.0 Å². The molecule has 0 radical (unpaired) electrons. The Morgan fingerprint density at radius 1 is 1.42 bits per heavy atom. The van der Waals surface area contributed by atoms with Crippen molar-refractivity contribution in [2.45, 2.75) is 45.6 Å². The number of pyridine rings is 1. The molecule has 3 nitrogen and oxygen atoms in total. The molecule has 0 N–H and O–H groups in total. The summed E-state index contributed by atoms with van der Waals surface area (Å²) >= 11 is 5.77. The van der Waals surface area contributed by atoms with Gasteiger partial charge in [-0.05, 0) is 30.4 Å². The van der Waals surface area contributed by atoms with Crippen molar-refractivity contribution in [2.24, 2.45) is 5.92 Å². The first-order valence-electron chi connectivity index (χ1n) is 7.07. The highest BCUT2D eigenvalue weighted by molar-refractivity contribution is 6.29. The Bertz CT molecular complexity index is 419. The zero-order valence-corrected chi connectivity index (χ0v) is 12.2. The van der Waals surface area contributed by atoms with E-state index in [9.17, 15) is 4.79 Å².